The second kappa shape index (κ2) is 9.04. The van der Waals surface area contributed by atoms with Crippen LogP contribution < -0.4 is 4.74 Å². The molecule has 2 aliphatic heterocycles. The molecule has 6 nitrogen and oxygen atoms in total. The number of carboxylic acid groups (broad SMARTS) is 1. The number of hydrogen-bond acceptors (Lipinski definition) is 5. The van der Waals surface area contributed by atoms with Crippen LogP contribution in [0.2, 0.25) is 0 Å². The first-order valence-corrected chi connectivity index (χ1v) is 12.9. The molecule has 1 spiro atoms. The minimum absolute atomic E-state index is 0.0549. The maximum atomic E-state index is 13.2. The van der Waals surface area contributed by atoms with Crippen molar-refractivity contribution in [2.75, 3.05) is 13.1 Å². The fourth-order valence-corrected chi connectivity index (χ4v) is 5.59. The Balaban J connectivity index is 1.12. The number of ether oxygens (including phenoxy) is 1. The maximum absolute atomic E-state index is 13.2. The van der Waals surface area contributed by atoms with E-state index in [0.29, 0.717) is 13.0 Å². The van der Waals surface area contributed by atoms with Crippen molar-refractivity contribution in [1.82, 2.24) is 4.90 Å². The summed E-state index contributed by atoms with van der Waals surface area (Å²) in [5.41, 5.74) is 4.06. The topological polar surface area (TPSA) is 71.4 Å². The van der Waals surface area contributed by atoms with Crippen LogP contribution in [0.25, 0.3) is 0 Å². The van der Waals surface area contributed by atoms with Crippen LogP contribution in [0.4, 0.5) is 13.2 Å². The molecule has 2 aliphatic carbocycles. The monoisotopic (exact) mass is 514 g/mol. The van der Waals surface area contributed by atoms with Crippen molar-refractivity contribution in [2.24, 2.45) is 5.16 Å². The molecule has 0 radical (unpaired) electrons. The molecule has 4 aliphatic rings. The van der Waals surface area contributed by atoms with Gasteiger partial charge >= 0.3 is 12.3 Å². The molecule has 0 aromatic heterocycles. The number of alkyl halides is 3. The van der Waals surface area contributed by atoms with E-state index in [9.17, 15) is 18.0 Å². The maximum Gasteiger partial charge on any atom is 0.573 e. The Hall–Kier alpha value is -3.07. The average molecular weight is 515 g/mol. The van der Waals surface area contributed by atoms with E-state index in [0.717, 1.165) is 79.6 Å². The van der Waals surface area contributed by atoms with Gasteiger partial charge in [-0.25, -0.2) is 4.79 Å². The zero-order valence-electron chi connectivity index (χ0n) is 20.4. The molecule has 6 rings (SSSR count). The number of benzene rings is 2. The Kier molecular flexibility index (Phi) is 5.93. The number of piperidine rings is 1. The fourth-order valence-electron chi connectivity index (χ4n) is 5.59. The van der Waals surface area contributed by atoms with E-state index < -0.39 is 12.3 Å². The summed E-state index contributed by atoms with van der Waals surface area (Å²) < 4.78 is 44.2. The lowest BCUT2D eigenvalue weighted by Crippen LogP contribution is -2.44. The second-order valence-electron chi connectivity index (χ2n) is 10.8. The standard InChI is InChI=1S/C28H29F3N2O4/c29-28(30,31)36-25-22(18-1-2-18)13-17(14-23(25)19-3-4-19)16-33-11-9-27(10-12-33)15-24(32-37-27)20-5-7-21(8-6-20)26(34)35/h5-8,13-14,18-19H,1-4,9-12,15-16H2,(H,34,35). The molecule has 0 bridgehead atoms. The first-order valence-electron chi connectivity index (χ1n) is 12.9. The third-order valence-corrected chi connectivity index (χ3v) is 7.94. The zero-order chi connectivity index (χ0) is 25.8. The van der Waals surface area contributed by atoms with Crippen molar-refractivity contribution >= 4 is 11.7 Å². The number of carboxylic acids is 1. The molecule has 0 unspecified atom stereocenters. The van der Waals surface area contributed by atoms with Gasteiger partial charge in [0.15, 0.2) is 0 Å². The Morgan fingerprint density at radius 2 is 1.65 bits per heavy atom. The van der Waals surface area contributed by atoms with Crippen LogP contribution in [0.1, 0.15) is 89.4 Å². The smallest absolute Gasteiger partial charge is 0.478 e. The van der Waals surface area contributed by atoms with Gasteiger partial charge in [0.1, 0.15) is 11.4 Å². The van der Waals surface area contributed by atoms with E-state index in [1.54, 1.807) is 24.3 Å². The summed E-state index contributed by atoms with van der Waals surface area (Å²) in [6.45, 7) is 2.30. The van der Waals surface area contributed by atoms with Gasteiger partial charge < -0.3 is 14.7 Å². The molecule has 2 aromatic rings. The third-order valence-electron chi connectivity index (χ3n) is 7.94. The predicted octanol–water partition coefficient (Wildman–Crippen LogP) is 6.20. The van der Waals surface area contributed by atoms with E-state index in [2.05, 4.69) is 14.8 Å². The lowest BCUT2D eigenvalue weighted by Gasteiger charge is -2.37. The van der Waals surface area contributed by atoms with Gasteiger partial charge in [-0.15, -0.1) is 13.2 Å². The summed E-state index contributed by atoms with van der Waals surface area (Å²) in [7, 11) is 0. The van der Waals surface area contributed by atoms with Crippen molar-refractivity contribution in [3.63, 3.8) is 0 Å². The van der Waals surface area contributed by atoms with Crippen LogP contribution in [0.15, 0.2) is 41.6 Å². The van der Waals surface area contributed by atoms with E-state index in [1.807, 2.05) is 12.1 Å². The highest BCUT2D eigenvalue weighted by atomic mass is 19.4. The van der Waals surface area contributed by atoms with E-state index in [1.165, 1.54) is 0 Å². The number of likely N-dealkylation sites (tertiary alicyclic amines) is 1. The van der Waals surface area contributed by atoms with Gasteiger partial charge in [0.25, 0.3) is 0 Å². The molecule has 1 N–H and O–H groups in total. The molecule has 37 heavy (non-hydrogen) atoms. The number of rotatable bonds is 7. The van der Waals surface area contributed by atoms with E-state index in [-0.39, 0.29) is 28.7 Å². The van der Waals surface area contributed by atoms with Gasteiger partial charge in [-0.2, -0.15) is 0 Å². The lowest BCUT2D eigenvalue weighted by atomic mass is 9.85. The molecular formula is C28H29F3N2O4. The highest BCUT2D eigenvalue weighted by Crippen LogP contribution is 2.52. The van der Waals surface area contributed by atoms with Crippen LogP contribution in [-0.2, 0) is 11.4 Å². The van der Waals surface area contributed by atoms with Gasteiger partial charge in [0, 0.05) is 38.9 Å². The van der Waals surface area contributed by atoms with Crippen molar-refractivity contribution in [3.8, 4) is 5.75 Å². The second-order valence-corrected chi connectivity index (χ2v) is 10.8. The van der Waals surface area contributed by atoms with Crippen molar-refractivity contribution < 1.29 is 32.6 Å². The average Bonchev–Trinajstić information content (AvgIpc) is 3.79. The molecule has 2 saturated carbocycles. The molecule has 0 amide bonds. The van der Waals surface area contributed by atoms with Crippen LogP contribution >= 0.6 is 0 Å². The Morgan fingerprint density at radius 3 is 2.16 bits per heavy atom. The fraction of sp³-hybridized carbons (Fsp3) is 0.500. The molecule has 1 saturated heterocycles. The van der Waals surface area contributed by atoms with E-state index in [4.69, 9.17) is 9.94 Å². The van der Waals surface area contributed by atoms with Crippen LogP contribution in [0, 0.1) is 0 Å². The van der Waals surface area contributed by atoms with Crippen LogP contribution in [-0.4, -0.2) is 46.7 Å². The summed E-state index contributed by atoms with van der Waals surface area (Å²) in [6, 6.07) is 10.5. The van der Waals surface area contributed by atoms with Gasteiger partial charge in [-0.05, 0) is 71.9 Å². The lowest BCUT2D eigenvalue weighted by molar-refractivity contribution is -0.275. The molecule has 9 heteroatoms. The van der Waals surface area contributed by atoms with Gasteiger partial charge in [0.05, 0.1) is 11.3 Å². The zero-order valence-corrected chi connectivity index (χ0v) is 20.4. The number of halogens is 3. The Morgan fingerprint density at radius 1 is 1.05 bits per heavy atom. The van der Waals surface area contributed by atoms with Crippen LogP contribution in [0.5, 0.6) is 5.75 Å². The molecular weight excluding hydrogens is 485 g/mol. The quantitative estimate of drug-likeness (QED) is 0.477. The molecule has 3 fully saturated rings. The number of hydrogen-bond donors (Lipinski definition) is 1. The van der Waals surface area contributed by atoms with Crippen LogP contribution in [0.3, 0.4) is 0 Å². The van der Waals surface area contributed by atoms with Gasteiger partial charge in [-0.3, -0.25) is 4.90 Å². The Labute approximate surface area is 213 Å². The molecule has 196 valence electrons. The molecule has 0 atom stereocenters. The van der Waals surface area contributed by atoms with Crippen molar-refractivity contribution in [2.45, 2.75) is 75.3 Å². The number of aromatic carboxylic acids is 1. The summed E-state index contributed by atoms with van der Waals surface area (Å²) in [6.07, 6.45) is 1.23. The predicted molar refractivity (Wildman–Crippen MR) is 130 cm³/mol. The summed E-state index contributed by atoms with van der Waals surface area (Å²) in [5, 5.41) is 13.4. The highest BCUT2D eigenvalue weighted by Gasteiger charge is 2.43. The number of carbonyl (C=O) groups is 1. The first-order chi connectivity index (χ1) is 17.7. The number of nitrogens with zero attached hydrogens (tertiary/aromatic N) is 2. The summed E-state index contributed by atoms with van der Waals surface area (Å²) in [4.78, 5) is 19.4. The minimum Gasteiger partial charge on any atom is -0.478 e. The normalized spacial score (nSPS) is 21.5. The Bertz CT molecular complexity index is 1190. The van der Waals surface area contributed by atoms with Crippen molar-refractivity contribution in [3.05, 3.63) is 64.2 Å². The number of oxime groups is 1. The summed E-state index contributed by atoms with van der Waals surface area (Å²) >= 11 is 0. The molecule has 2 aromatic carbocycles. The third kappa shape index (κ3) is 5.32. The van der Waals surface area contributed by atoms with E-state index >= 15 is 0 Å². The van der Waals surface area contributed by atoms with Crippen molar-refractivity contribution in [1.29, 1.82) is 0 Å². The summed E-state index contributed by atoms with van der Waals surface area (Å²) in [5.74, 6) is -0.590. The SMILES string of the molecule is O=C(O)c1ccc(C2=NOC3(CCN(Cc4cc(C5CC5)c(OC(F)(F)F)c(C5CC5)c4)CC3)C2)cc1. The first kappa shape index (κ1) is 24.3. The minimum atomic E-state index is -4.68. The largest absolute Gasteiger partial charge is 0.573 e. The molecule has 2 heterocycles. The van der Waals surface area contributed by atoms with Gasteiger partial charge in [0.2, 0.25) is 0 Å². The van der Waals surface area contributed by atoms with Gasteiger partial charge in [-0.1, -0.05) is 29.4 Å². The highest BCUT2D eigenvalue weighted by molar-refractivity contribution is 6.02.